The van der Waals surface area contributed by atoms with Crippen molar-refractivity contribution in [3.8, 4) is 17.4 Å². The number of hydrogen-bond acceptors (Lipinski definition) is 8. The van der Waals surface area contributed by atoms with Crippen LogP contribution in [0.5, 0.6) is 0 Å². The van der Waals surface area contributed by atoms with Crippen molar-refractivity contribution in [1.82, 2.24) is 24.1 Å². The van der Waals surface area contributed by atoms with Crippen molar-refractivity contribution in [1.29, 1.82) is 0 Å². The summed E-state index contributed by atoms with van der Waals surface area (Å²) in [6.07, 6.45) is 4.77. The summed E-state index contributed by atoms with van der Waals surface area (Å²) in [6.45, 7) is 1.26. The predicted molar refractivity (Wildman–Crippen MR) is 140 cm³/mol. The molecule has 1 amide bonds. The number of H-pyrrole nitrogens is 1. The normalized spacial score (nSPS) is 16.1. The van der Waals surface area contributed by atoms with Crippen LogP contribution in [0, 0.1) is 0 Å². The summed E-state index contributed by atoms with van der Waals surface area (Å²) >= 11 is 0. The number of benzene rings is 1. The standard InChI is InChI=1S/C26H26N6O6S/c33-24(17-7-9-18(10-8-17)39(35,36)31-11-14-37-15-12-31)28-23-16-21(22-6-3-13-38-22)30-32(23)26-27-20-5-2-1-4-19(20)25(34)29-26/h3,6-10,13,16H,1-2,4-5,11-12,14-15H2,(H,28,33)(H,27,29,34). The Morgan fingerprint density at radius 3 is 2.56 bits per heavy atom. The molecular formula is C26H26N6O6S. The highest BCUT2D eigenvalue weighted by Crippen LogP contribution is 2.26. The van der Waals surface area contributed by atoms with Crippen LogP contribution in [0.1, 0.15) is 34.5 Å². The van der Waals surface area contributed by atoms with Crippen LogP contribution in [-0.4, -0.2) is 64.7 Å². The van der Waals surface area contributed by atoms with Crippen LogP contribution in [0.4, 0.5) is 5.82 Å². The van der Waals surface area contributed by atoms with Gasteiger partial charge in [0.05, 0.1) is 30.1 Å². The van der Waals surface area contributed by atoms with Gasteiger partial charge in [-0.25, -0.2) is 13.4 Å². The van der Waals surface area contributed by atoms with Crippen LogP contribution >= 0.6 is 0 Å². The number of anilines is 1. The fraction of sp³-hybridized carbons (Fsp3) is 0.308. The number of carbonyl (C=O) groups excluding carboxylic acids is 1. The Morgan fingerprint density at radius 1 is 1.05 bits per heavy atom. The Morgan fingerprint density at radius 2 is 1.82 bits per heavy atom. The van der Waals surface area contributed by atoms with Crippen LogP contribution in [0.25, 0.3) is 17.4 Å². The van der Waals surface area contributed by atoms with Gasteiger partial charge in [0, 0.05) is 30.3 Å². The number of aromatic nitrogens is 4. The lowest BCUT2D eigenvalue weighted by Gasteiger charge is -2.26. The summed E-state index contributed by atoms with van der Waals surface area (Å²) < 4.78 is 39.3. The summed E-state index contributed by atoms with van der Waals surface area (Å²) in [5.41, 5.74) is 1.86. The number of ether oxygens (including phenoxy) is 1. The number of amides is 1. The van der Waals surface area contributed by atoms with E-state index in [4.69, 9.17) is 9.15 Å². The minimum absolute atomic E-state index is 0.0990. The van der Waals surface area contributed by atoms with Crippen molar-refractivity contribution in [2.24, 2.45) is 0 Å². The van der Waals surface area contributed by atoms with Crippen molar-refractivity contribution in [3.63, 3.8) is 0 Å². The third kappa shape index (κ3) is 4.91. The molecule has 13 heteroatoms. The fourth-order valence-corrected chi connectivity index (χ4v) is 6.18. The second kappa shape index (κ2) is 10.2. The maximum atomic E-state index is 13.2. The molecule has 0 spiro atoms. The molecule has 1 aliphatic heterocycles. The van der Waals surface area contributed by atoms with Gasteiger partial charge in [-0.1, -0.05) is 0 Å². The topological polar surface area (TPSA) is 152 Å². The van der Waals surface area contributed by atoms with Crippen LogP contribution < -0.4 is 10.9 Å². The minimum atomic E-state index is -3.68. The second-order valence-electron chi connectivity index (χ2n) is 9.32. The number of morpholine rings is 1. The van der Waals surface area contributed by atoms with Gasteiger partial charge in [0.25, 0.3) is 11.5 Å². The molecule has 1 aliphatic carbocycles. The highest BCUT2D eigenvalue weighted by Gasteiger charge is 2.27. The third-order valence-corrected chi connectivity index (χ3v) is 8.74. The maximum Gasteiger partial charge on any atom is 0.256 e. The van der Waals surface area contributed by atoms with Crippen molar-refractivity contribution in [2.45, 2.75) is 30.6 Å². The largest absolute Gasteiger partial charge is 0.463 e. The summed E-state index contributed by atoms with van der Waals surface area (Å²) in [6, 6.07) is 10.8. The summed E-state index contributed by atoms with van der Waals surface area (Å²) in [5, 5.41) is 7.35. The van der Waals surface area contributed by atoms with E-state index in [1.807, 2.05) is 0 Å². The van der Waals surface area contributed by atoms with Crippen LogP contribution in [-0.2, 0) is 27.6 Å². The fourth-order valence-electron chi connectivity index (χ4n) is 4.77. The molecule has 2 N–H and O–H groups in total. The SMILES string of the molecule is O=C(Nc1cc(-c2ccco2)nn1-c1nc2c(c(=O)[nH]1)CCCC2)c1ccc(S(=O)(=O)N2CCOCC2)cc1. The quantitative estimate of drug-likeness (QED) is 0.371. The number of hydrogen-bond donors (Lipinski definition) is 2. The molecule has 1 saturated heterocycles. The summed E-state index contributed by atoms with van der Waals surface area (Å²) in [5.74, 6) is 0.427. The number of aryl methyl sites for hydroxylation is 1. The number of fused-ring (bicyclic) bond motifs is 1. The zero-order valence-electron chi connectivity index (χ0n) is 20.9. The van der Waals surface area contributed by atoms with E-state index >= 15 is 0 Å². The smallest absolute Gasteiger partial charge is 0.256 e. The van der Waals surface area contributed by atoms with E-state index in [1.165, 1.54) is 39.5 Å². The van der Waals surface area contributed by atoms with Gasteiger partial charge in [-0.2, -0.15) is 14.1 Å². The Labute approximate surface area is 223 Å². The molecule has 3 aromatic heterocycles. The first-order valence-corrected chi connectivity index (χ1v) is 14.1. The molecule has 1 fully saturated rings. The lowest BCUT2D eigenvalue weighted by Crippen LogP contribution is -2.40. The van der Waals surface area contributed by atoms with Gasteiger partial charge in [-0.05, 0) is 62.1 Å². The van der Waals surface area contributed by atoms with Crippen molar-refractivity contribution < 1.29 is 22.4 Å². The van der Waals surface area contributed by atoms with E-state index in [0.717, 1.165) is 18.5 Å². The average molecular weight is 551 g/mol. The number of carbonyl (C=O) groups is 1. The number of rotatable bonds is 6. The van der Waals surface area contributed by atoms with Crippen molar-refractivity contribution >= 4 is 21.7 Å². The summed E-state index contributed by atoms with van der Waals surface area (Å²) in [4.78, 5) is 33.5. The molecule has 6 rings (SSSR count). The molecule has 0 bridgehead atoms. The summed E-state index contributed by atoms with van der Waals surface area (Å²) in [7, 11) is -3.68. The first-order chi connectivity index (χ1) is 18.9. The number of sulfonamides is 1. The zero-order chi connectivity index (χ0) is 27.0. The number of aromatic amines is 1. The highest BCUT2D eigenvalue weighted by molar-refractivity contribution is 7.89. The van der Waals surface area contributed by atoms with E-state index in [0.29, 0.717) is 43.1 Å². The third-order valence-electron chi connectivity index (χ3n) is 6.83. The average Bonchev–Trinajstić information content (AvgIpc) is 3.64. The molecule has 0 unspecified atom stereocenters. The van der Waals surface area contributed by atoms with Gasteiger partial charge in [0.2, 0.25) is 16.0 Å². The van der Waals surface area contributed by atoms with Crippen molar-refractivity contribution in [3.05, 3.63) is 75.9 Å². The molecular weight excluding hydrogens is 524 g/mol. The van der Waals surface area contributed by atoms with Gasteiger partial charge < -0.3 is 14.5 Å². The van der Waals surface area contributed by atoms with Crippen LogP contribution in [0.15, 0.2) is 62.8 Å². The number of furan rings is 1. The molecule has 0 saturated carbocycles. The number of nitrogens with one attached hydrogen (secondary N) is 2. The van der Waals surface area contributed by atoms with E-state index in [9.17, 15) is 18.0 Å². The van der Waals surface area contributed by atoms with Gasteiger partial charge in [0.1, 0.15) is 11.5 Å². The second-order valence-corrected chi connectivity index (χ2v) is 11.3. The lowest BCUT2D eigenvalue weighted by atomic mass is 9.97. The monoisotopic (exact) mass is 550 g/mol. The van der Waals surface area contributed by atoms with Gasteiger partial charge >= 0.3 is 0 Å². The van der Waals surface area contributed by atoms with E-state index in [-0.39, 0.29) is 40.9 Å². The maximum absolute atomic E-state index is 13.2. The molecule has 12 nitrogen and oxygen atoms in total. The molecule has 0 radical (unpaired) electrons. The molecule has 0 atom stereocenters. The van der Waals surface area contributed by atoms with Gasteiger partial charge in [-0.3, -0.25) is 14.6 Å². The van der Waals surface area contributed by atoms with Crippen LogP contribution in [0.2, 0.25) is 0 Å². The Bertz CT molecular complexity index is 1670. The molecule has 4 aromatic rings. The Balaban J connectivity index is 1.30. The van der Waals surface area contributed by atoms with E-state index in [1.54, 1.807) is 18.2 Å². The van der Waals surface area contributed by atoms with E-state index < -0.39 is 15.9 Å². The molecule has 39 heavy (non-hydrogen) atoms. The Kier molecular flexibility index (Phi) is 6.62. The van der Waals surface area contributed by atoms with E-state index in [2.05, 4.69) is 20.4 Å². The number of nitrogens with zero attached hydrogens (tertiary/aromatic N) is 4. The Hall–Kier alpha value is -4.07. The molecule has 1 aromatic carbocycles. The minimum Gasteiger partial charge on any atom is -0.463 e. The molecule has 2 aliphatic rings. The molecule has 202 valence electrons. The van der Waals surface area contributed by atoms with Gasteiger partial charge in [0.15, 0.2) is 5.76 Å². The van der Waals surface area contributed by atoms with Crippen molar-refractivity contribution in [2.75, 3.05) is 31.6 Å². The first-order valence-electron chi connectivity index (χ1n) is 12.7. The highest BCUT2D eigenvalue weighted by atomic mass is 32.2. The lowest BCUT2D eigenvalue weighted by molar-refractivity contribution is 0.0730. The van der Waals surface area contributed by atoms with Crippen LogP contribution in [0.3, 0.4) is 0 Å². The molecule has 4 heterocycles. The first kappa shape index (κ1) is 25.2. The zero-order valence-corrected chi connectivity index (χ0v) is 21.7. The predicted octanol–water partition coefficient (Wildman–Crippen LogP) is 2.37. The van der Waals surface area contributed by atoms with Gasteiger partial charge in [-0.15, -0.1) is 0 Å².